The molecule has 0 bridgehead atoms. The topological polar surface area (TPSA) is 77.9 Å². The van der Waals surface area contributed by atoms with Gasteiger partial charge in [-0.25, -0.2) is 9.59 Å². The van der Waals surface area contributed by atoms with Crippen molar-refractivity contribution in [3.05, 3.63) is 35.9 Å². The van der Waals surface area contributed by atoms with E-state index < -0.39 is 22.9 Å². The third kappa shape index (κ3) is 3.45. The standard InChI is InChI=1S/C19H24N2O4S/c22-15-13-20(19(17(23)24)11-5-2-6-12-19)18(25)21(15)16(26)10-9-14-7-3-1-4-8-14/h1,3-4,7-8,16,26H,2,5-6,9-13H2,(H,23,24). The Hall–Kier alpha value is -2.02. The molecule has 0 radical (unpaired) electrons. The molecule has 2 aliphatic rings. The van der Waals surface area contributed by atoms with Gasteiger partial charge in [0.15, 0.2) is 0 Å². The summed E-state index contributed by atoms with van der Waals surface area (Å²) in [5.41, 5.74) is -0.149. The average Bonchev–Trinajstić information content (AvgIpc) is 2.96. The number of amides is 3. The van der Waals surface area contributed by atoms with Gasteiger partial charge in [-0.3, -0.25) is 14.6 Å². The second-order valence-electron chi connectivity index (χ2n) is 7.03. The van der Waals surface area contributed by atoms with E-state index in [2.05, 4.69) is 12.6 Å². The van der Waals surface area contributed by atoms with Crippen molar-refractivity contribution in [1.29, 1.82) is 0 Å². The van der Waals surface area contributed by atoms with E-state index in [4.69, 9.17) is 0 Å². The largest absolute Gasteiger partial charge is 0.479 e. The molecular formula is C19H24N2O4S. The molecule has 26 heavy (non-hydrogen) atoms. The Morgan fingerprint density at radius 3 is 2.42 bits per heavy atom. The van der Waals surface area contributed by atoms with Crippen LogP contribution in [0, 0.1) is 0 Å². The van der Waals surface area contributed by atoms with E-state index >= 15 is 0 Å². The smallest absolute Gasteiger partial charge is 0.329 e. The molecule has 0 aromatic heterocycles. The molecule has 7 heteroatoms. The van der Waals surface area contributed by atoms with Gasteiger partial charge in [0.25, 0.3) is 5.91 Å². The number of imide groups is 1. The lowest BCUT2D eigenvalue weighted by Gasteiger charge is -2.40. The van der Waals surface area contributed by atoms with E-state index in [1.807, 2.05) is 30.3 Å². The lowest BCUT2D eigenvalue weighted by molar-refractivity contribution is -0.151. The number of aliphatic carboxylic acids is 1. The second-order valence-corrected chi connectivity index (χ2v) is 7.63. The van der Waals surface area contributed by atoms with Gasteiger partial charge in [-0.2, -0.15) is 12.6 Å². The van der Waals surface area contributed by atoms with Crippen molar-refractivity contribution in [3.8, 4) is 0 Å². The number of aryl methyl sites for hydroxylation is 1. The maximum Gasteiger partial charge on any atom is 0.329 e. The van der Waals surface area contributed by atoms with E-state index in [1.165, 1.54) is 4.90 Å². The summed E-state index contributed by atoms with van der Waals surface area (Å²) in [5, 5.41) is 9.23. The summed E-state index contributed by atoms with van der Waals surface area (Å²) in [6, 6.07) is 9.27. The number of nitrogens with zero attached hydrogens (tertiary/aromatic N) is 2. The Kier molecular flexibility index (Phi) is 5.55. The van der Waals surface area contributed by atoms with Crippen LogP contribution in [0.5, 0.6) is 0 Å². The molecule has 1 unspecified atom stereocenters. The number of thiol groups is 1. The summed E-state index contributed by atoms with van der Waals surface area (Å²) in [5.74, 6) is -1.38. The lowest BCUT2D eigenvalue weighted by Crippen LogP contribution is -2.57. The zero-order valence-corrected chi connectivity index (χ0v) is 15.5. The minimum atomic E-state index is -1.26. The molecule has 1 heterocycles. The van der Waals surface area contributed by atoms with Crippen LogP contribution in [0.25, 0.3) is 0 Å². The van der Waals surface area contributed by atoms with Crippen molar-refractivity contribution in [3.63, 3.8) is 0 Å². The van der Waals surface area contributed by atoms with Crippen LogP contribution >= 0.6 is 12.6 Å². The Bertz CT molecular complexity index is 688. The fourth-order valence-electron chi connectivity index (χ4n) is 3.95. The molecule has 1 aromatic carbocycles. The van der Waals surface area contributed by atoms with Crippen molar-refractivity contribution >= 4 is 30.5 Å². The van der Waals surface area contributed by atoms with Crippen LogP contribution in [0.15, 0.2) is 30.3 Å². The van der Waals surface area contributed by atoms with Gasteiger partial charge in [0, 0.05) is 0 Å². The highest BCUT2D eigenvalue weighted by atomic mass is 32.1. The number of carboxylic acid groups (broad SMARTS) is 1. The van der Waals surface area contributed by atoms with E-state index in [-0.39, 0.29) is 12.5 Å². The van der Waals surface area contributed by atoms with Gasteiger partial charge in [-0.1, -0.05) is 49.6 Å². The SMILES string of the molecule is O=C1CN(C2(C(=O)O)CCCCC2)C(=O)N1C(S)CCc1ccccc1. The third-order valence-corrected chi connectivity index (χ3v) is 5.92. The molecule has 1 saturated carbocycles. The molecule has 0 spiro atoms. The number of hydrogen-bond acceptors (Lipinski definition) is 4. The van der Waals surface area contributed by atoms with Gasteiger partial charge >= 0.3 is 12.0 Å². The highest BCUT2D eigenvalue weighted by molar-refractivity contribution is 7.80. The first-order valence-corrected chi connectivity index (χ1v) is 9.56. The molecule has 6 nitrogen and oxygen atoms in total. The van der Waals surface area contributed by atoms with Crippen LogP contribution in [-0.4, -0.2) is 50.3 Å². The molecule has 1 aliphatic carbocycles. The molecule has 2 fully saturated rings. The Balaban J connectivity index is 1.72. The van der Waals surface area contributed by atoms with Crippen LogP contribution < -0.4 is 0 Å². The number of benzene rings is 1. The molecular weight excluding hydrogens is 352 g/mol. The Morgan fingerprint density at radius 2 is 1.81 bits per heavy atom. The number of urea groups is 1. The van der Waals surface area contributed by atoms with Gasteiger partial charge in [-0.15, -0.1) is 0 Å². The monoisotopic (exact) mass is 376 g/mol. The van der Waals surface area contributed by atoms with Crippen LogP contribution in [-0.2, 0) is 16.0 Å². The zero-order valence-electron chi connectivity index (χ0n) is 14.6. The lowest BCUT2D eigenvalue weighted by atomic mass is 9.80. The number of hydrogen-bond donors (Lipinski definition) is 2. The number of carbonyl (C=O) groups excluding carboxylic acids is 2. The first-order valence-electron chi connectivity index (χ1n) is 9.05. The molecule has 3 rings (SSSR count). The van der Waals surface area contributed by atoms with Gasteiger partial charge in [-0.05, 0) is 31.2 Å². The molecule has 1 aliphatic heterocycles. The van der Waals surface area contributed by atoms with Crippen molar-refractivity contribution in [2.24, 2.45) is 0 Å². The Morgan fingerprint density at radius 1 is 1.15 bits per heavy atom. The average molecular weight is 376 g/mol. The maximum atomic E-state index is 12.9. The summed E-state index contributed by atoms with van der Waals surface area (Å²) in [4.78, 5) is 39.7. The van der Waals surface area contributed by atoms with E-state index in [0.717, 1.165) is 29.7 Å². The molecule has 1 N–H and O–H groups in total. The molecule has 140 valence electrons. The van der Waals surface area contributed by atoms with Gasteiger partial charge < -0.3 is 5.11 Å². The second kappa shape index (κ2) is 7.70. The van der Waals surface area contributed by atoms with E-state index in [9.17, 15) is 19.5 Å². The summed E-state index contributed by atoms with van der Waals surface area (Å²) in [6.07, 6.45) is 4.48. The van der Waals surface area contributed by atoms with Crippen molar-refractivity contribution in [2.45, 2.75) is 55.9 Å². The van der Waals surface area contributed by atoms with Crippen LogP contribution in [0.3, 0.4) is 0 Å². The fraction of sp³-hybridized carbons (Fsp3) is 0.526. The first kappa shape index (κ1) is 18.8. The first-order chi connectivity index (χ1) is 12.5. The number of carbonyl (C=O) groups is 3. The number of carboxylic acids is 1. The summed E-state index contributed by atoms with van der Waals surface area (Å²) >= 11 is 4.47. The molecule has 3 amide bonds. The van der Waals surface area contributed by atoms with Crippen molar-refractivity contribution < 1.29 is 19.5 Å². The predicted octanol–water partition coefficient (Wildman–Crippen LogP) is 2.93. The summed E-state index contributed by atoms with van der Waals surface area (Å²) in [7, 11) is 0. The predicted molar refractivity (Wildman–Crippen MR) is 99.9 cm³/mol. The zero-order chi connectivity index (χ0) is 18.7. The normalized spacial score (nSPS) is 21.1. The third-order valence-electron chi connectivity index (χ3n) is 5.43. The Labute approximate surface area is 158 Å². The maximum absolute atomic E-state index is 12.9. The highest BCUT2D eigenvalue weighted by Gasteiger charge is 2.53. The van der Waals surface area contributed by atoms with E-state index in [0.29, 0.717) is 25.7 Å². The minimum Gasteiger partial charge on any atom is -0.479 e. The van der Waals surface area contributed by atoms with Gasteiger partial charge in [0.2, 0.25) is 0 Å². The minimum absolute atomic E-state index is 0.173. The van der Waals surface area contributed by atoms with Crippen molar-refractivity contribution in [1.82, 2.24) is 9.80 Å². The van der Waals surface area contributed by atoms with Crippen LogP contribution in [0.4, 0.5) is 4.79 Å². The summed E-state index contributed by atoms with van der Waals surface area (Å²) < 4.78 is 0. The number of rotatable bonds is 6. The molecule has 1 saturated heterocycles. The van der Waals surface area contributed by atoms with Crippen LogP contribution in [0.2, 0.25) is 0 Å². The van der Waals surface area contributed by atoms with E-state index in [1.54, 1.807) is 0 Å². The van der Waals surface area contributed by atoms with Crippen LogP contribution in [0.1, 0.15) is 44.1 Å². The fourth-order valence-corrected chi connectivity index (χ4v) is 4.31. The summed E-state index contributed by atoms with van der Waals surface area (Å²) in [6.45, 7) is -0.173. The molecule has 1 aromatic rings. The quantitative estimate of drug-likeness (QED) is 0.591. The van der Waals surface area contributed by atoms with Crippen molar-refractivity contribution in [2.75, 3.05) is 6.54 Å². The highest BCUT2D eigenvalue weighted by Crippen LogP contribution is 2.37. The van der Waals surface area contributed by atoms with Gasteiger partial charge in [0.1, 0.15) is 12.1 Å². The van der Waals surface area contributed by atoms with Gasteiger partial charge in [0.05, 0.1) is 5.37 Å². The molecule has 1 atom stereocenters.